The number of ether oxygens (including phenoxy) is 1. The van der Waals surface area contributed by atoms with E-state index >= 15 is 0 Å². The van der Waals surface area contributed by atoms with E-state index in [1.807, 2.05) is 46.8 Å². The number of hydrogen-bond acceptors (Lipinski definition) is 4. The Morgan fingerprint density at radius 2 is 1.75 bits per heavy atom. The standard InChI is InChI=1S/C18H28N2O4/c1-12(2)16(17(22)23)19-10-13-6-8-14(9-7-13)24-11-15(21)20-18(3,4)5/h6-9,12,16,19H,10-11H2,1-5H3,(H,20,21)(H,22,23). The Balaban J connectivity index is 2.48. The van der Waals surface area contributed by atoms with E-state index in [2.05, 4.69) is 10.6 Å². The number of carbonyl (C=O) groups is 2. The fourth-order valence-corrected chi connectivity index (χ4v) is 2.14. The number of amides is 1. The molecule has 6 nitrogen and oxygen atoms in total. The van der Waals surface area contributed by atoms with Crippen molar-refractivity contribution in [3.05, 3.63) is 29.8 Å². The minimum Gasteiger partial charge on any atom is -0.484 e. The first-order valence-electron chi connectivity index (χ1n) is 8.07. The molecule has 0 aliphatic rings. The lowest BCUT2D eigenvalue weighted by atomic mass is 10.0. The Morgan fingerprint density at radius 3 is 2.21 bits per heavy atom. The van der Waals surface area contributed by atoms with Gasteiger partial charge in [-0.3, -0.25) is 9.59 Å². The molecule has 0 heterocycles. The Bertz CT molecular complexity index is 547. The zero-order valence-corrected chi connectivity index (χ0v) is 15.1. The van der Waals surface area contributed by atoms with Gasteiger partial charge in [0.2, 0.25) is 0 Å². The summed E-state index contributed by atoms with van der Waals surface area (Å²) in [6, 6.07) is 6.66. The molecule has 0 aliphatic heterocycles. The number of rotatable bonds is 8. The molecule has 1 aromatic rings. The highest BCUT2D eigenvalue weighted by Gasteiger charge is 2.20. The summed E-state index contributed by atoms with van der Waals surface area (Å²) in [6.45, 7) is 9.89. The van der Waals surface area contributed by atoms with Crippen molar-refractivity contribution in [2.75, 3.05) is 6.61 Å². The predicted octanol–water partition coefficient (Wildman–Crippen LogP) is 2.18. The van der Waals surface area contributed by atoms with E-state index in [4.69, 9.17) is 9.84 Å². The van der Waals surface area contributed by atoms with Gasteiger partial charge in [-0.15, -0.1) is 0 Å². The summed E-state index contributed by atoms with van der Waals surface area (Å²) < 4.78 is 5.44. The monoisotopic (exact) mass is 336 g/mol. The van der Waals surface area contributed by atoms with E-state index in [-0.39, 0.29) is 24.0 Å². The summed E-state index contributed by atoms with van der Waals surface area (Å²) in [4.78, 5) is 22.8. The Hall–Kier alpha value is -2.08. The van der Waals surface area contributed by atoms with Crippen molar-refractivity contribution >= 4 is 11.9 Å². The molecule has 24 heavy (non-hydrogen) atoms. The smallest absolute Gasteiger partial charge is 0.320 e. The highest BCUT2D eigenvalue weighted by atomic mass is 16.5. The van der Waals surface area contributed by atoms with Crippen LogP contribution in [0.5, 0.6) is 5.75 Å². The van der Waals surface area contributed by atoms with Crippen LogP contribution in [0.25, 0.3) is 0 Å². The molecule has 1 rings (SSSR count). The van der Waals surface area contributed by atoms with Crippen molar-refractivity contribution in [2.24, 2.45) is 5.92 Å². The normalized spacial score (nSPS) is 12.8. The van der Waals surface area contributed by atoms with Crippen molar-refractivity contribution in [1.82, 2.24) is 10.6 Å². The molecule has 0 saturated heterocycles. The van der Waals surface area contributed by atoms with Gasteiger partial charge in [0.15, 0.2) is 6.61 Å². The summed E-state index contributed by atoms with van der Waals surface area (Å²) in [5, 5.41) is 15.0. The molecule has 134 valence electrons. The molecule has 0 spiro atoms. The van der Waals surface area contributed by atoms with Crippen molar-refractivity contribution in [3.63, 3.8) is 0 Å². The molecule has 1 atom stereocenters. The highest BCUT2D eigenvalue weighted by molar-refractivity contribution is 5.78. The van der Waals surface area contributed by atoms with Gasteiger partial charge in [0.05, 0.1) is 0 Å². The maximum absolute atomic E-state index is 11.7. The molecule has 0 saturated carbocycles. The van der Waals surface area contributed by atoms with E-state index in [1.165, 1.54) is 0 Å². The molecule has 6 heteroatoms. The number of hydrogen-bond donors (Lipinski definition) is 3. The third-order valence-electron chi connectivity index (χ3n) is 3.27. The first-order chi connectivity index (χ1) is 11.1. The zero-order chi connectivity index (χ0) is 18.3. The number of aliphatic carboxylic acids is 1. The minimum atomic E-state index is -0.852. The Morgan fingerprint density at radius 1 is 1.17 bits per heavy atom. The quantitative estimate of drug-likeness (QED) is 0.677. The number of carboxylic acid groups (broad SMARTS) is 1. The molecule has 0 aromatic heterocycles. The molecule has 1 aromatic carbocycles. The summed E-state index contributed by atoms with van der Waals surface area (Å²) in [5.41, 5.74) is 0.668. The van der Waals surface area contributed by atoms with Crippen LogP contribution in [-0.4, -0.2) is 35.2 Å². The molecular weight excluding hydrogens is 308 g/mol. The molecule has 0 bridgehead atoms. The summed E-state index contributed by atoms with van der Waals surface area (Å²) in [6.07, 6.45) is 0. The number of carboxylic acids is 1. The van der Waals surface area contributed by atoms with Crippen LogP contribution in [0.15, 0.2) is 24.3 Å². The minimum absolute atomic E-state index is 0.00596. The van der Waals surface area contributed by atoms with Crippen LogP contribution in [0.3, 0.4) is 0 Å². The SMILES string of the molecule is CC(C)C(NCc1ccc(OCC(=O)NC(C)(C)C)cc1)C(=O)O. The fraction of sp³-hybridized carbons (Fsp3) is 0.556. The van der Waals surface area contributed by atoms with Gasteiger partial charge in [0, 0.05) is 12.1 Å². The third kappa shape index (κ3) is 7.46. The third-order valence-corrected chi connectivity index (χ3v) is 3.27. The number of nitrogens with one attached hydrogen (secondary N) is 2. The largest absolute Gasteiger partial charge is 0.484 e. The van der Waals surface area contributed by atoms with Gasteiger partial charge in [-0.05, 0) is 44.4 Å². The average molecular weight is 336 g/mol. The fourth-order valence-electron chi connectivity index (χ4n) is 2.14. The van der Waals surface area contributed by atoms with E-state index in [0.717, 1.165) is 5.56 Å². The first-order valence-corrected chi connectivity index (χ1v) is 8.07. The van der Waals surface area contributed by atoms with Crippen molar-refractivity contribution < 1.29 is 19.4 Å². The second kappa shape index (κ2) is 8.68. The molecule has 1 unspecified atom stereocenters. The number of benzene rings is 1. The van der Waals surface area contributed by atoms with Gasteiger partial charge >= 0.3 is 5.97 Å². The van der Waals surface area contributed by atoms with Gasteiger partial charge in [-0.25, -0.2) is 0 Å². The van der Waals surface area contributed by atoms with Crippen LogP contribution in [0.4, 0.5) is 0 Å². The first kappa shape index (κ1) is 20.0. The summed E-state index contributed by atoms with van der Waals surface area (Å²) in [7, 11) is 0. The molecule has 3 N–H and O–H groups in total. The van der Waals surface area contributed by atoms with E-state index in [1.54, 1.807) is 12.1 Å². The Kier molecular flexibility index (Phi) is 7.22. The lowest BCUT2D eigenvalue weighted by Crippen LogP contribution is -2.43. The van der Waals surface area contributed by atoms with Gasteiger partial charge in [0.1, 0.15) is 11.8 Å². The summed E-state index contributed by atoms with van der Waals surface area (Å²) in [5.74, 6) is -0.419. The van der Waals surface area contributed by atoms with Crippen LogP contribution >= 0.6 is 0 Å². The molecular formula is C18H28N2O4. The van der Waals surface area contributed by atoms with E-state index < -0.39 is 12.0 Å². The van der Waals surface area contributed by atoms with Gasteiger partial charge in [-0.2, -0.15) is 0 Å². The predicted molar refractivity (Wildman–Crippen MR) is 92.9 cm³/mol. The topological polar surface area (TPSA) is 87.7 Å². The van der Waals surface area contributed by atoms with Gasteiger partial charge < -0.3 is 20.5 Å². The second-order valence-electron chi connectivity index (χ2n) is 7.17. The van der Waals surface area contributed by atoms with Crippen LogP contribution in [-0.2, 0) is 16.1 Å². The highest BCUT2D eigenvalue weighted by Crippen LogP contribution is 2.13. The maximum Gasteiger partial charge on any atom is 0.320 e. The maximum atomic E-state index is 11.7. The molecule has 0 fully saturated rings. The summed E-state index contributed by atoms with van der Waals surface area (Å²) >= 11 is 0. The lowest BCUT2D eigenvalue weighted by Gasteiger charge is -2.20. The van der Waals surface area contributed by atoms with Gasteiger partial charge in [0.25, 0.3) is 5.91 Å². The molecule has 0 radical (unpaired) electrons. The molecule has 1 amide bonds. The van der Waals surface area contributed by atoms with Crippen LogP contribution in [0, 0.1) is 5.92 Å². The molecule has 0 aliphatic carbocycles. The van der Waals surface area contributed by atoms with E-state index in [9.17, 15) is 9.59 Å². The van der Waals surface area contributed by atoms with Gasteiger partial charge in [-0.1, -0.05) is 26.0 Å². The Labute approximate surface area is 143 Å². The van der Waals surface area contributed by atoms with Crippen molar-refractivity contribution in [3.8, 4) is 5.75 Å². The van der Waals surface area contributed by atoms with Crippen molar-refractivity contribution in [2.45, 2.75) is 52.7 Å². The number of carbonyl (C=O) groups excluding carboxylic acids is 1. The van der Waals surface area contributed by atoms with Crippen LogP contribution in [0.2, 0.25) is 0 Å². The lowest BCUT2D eigenvalue weighted by molar-refractivity contribution is -0.140. The second-order valence-corrected chi connectivity index (χ2v) is 7.17. The van der Waals surface area contributed by atoms with Crippen molar-refractivity contribution in [1.29, 1.82) is 0 Å². The van der Waals surface area contributed by atoms with Crippen LogP contribution in [0.1, 0.15) is 40.2 Å². The average Bonchev–Trinajstić information content (AvgIpc) is 2.44. The van der Waals surface area contributed by atoms with Crippen LogP contribution < -0.4 is 15.4 Å². The van der Waals surface area contributed by atoms with E-state index in [0.29, 0.717) is 12.3 Å². The zero-order valence-electron chi connectivity index (χ0n) is 15.1.